The molecule has 0 aliphatic rings. The van der Waals surface area contributed by atoms with Crippen LogP contribution in [0.15, 0.2) is 53.0 Å². The van der Waals surface area contributed by atoms with Crippen LogP contribution in [-0.4, -0.2) is 17.6 Å². The van der Waals surface area contributed by atoms with Gasteiger partial charge in [0.05, 0.1) is 0 Å². The minimum atomic E-state index is -0.563. The molecule has 2 amide bonds. The van der Waals surface area contributed by atoms with Crippen LogP contribution in [0.1, 0.15) is 33.6 Å². The molecule has 0 spiro atoms. The summed E-state index contributed by atoms with van der Waals surface area (Å²) in [5.41, 5.74) is 6.54. The molecule has 0 heterocycles. The molecule has 0 saturated heterocycles. The summed E-state index contributed by atoms with van der Waals surface area (Å²) < 4.78 is 0.890. The second-order valence-corrected chi connectivity index (χ2v) is 5.84. The van der Waals surface area contributed by atoms with Crippen LogP contribution in [0.4, 0.5) is 5.69 Å². The average Bonchev–Trinajstić information content (AvgIpc) is 2.53. The monoisotopic (exact) mass is 374 g/mol. The Morgan fingerprint density at radius 3 is 2.30 bits per heavy atom. The molecule has 3 N–H and O–H groups in total. The molecule has 2 rings (SSSR count). The minimum Gasteiger partial charge on any atom is -0.366 e. The molecule has 0 fully saturated rings. The Bertz CT molecular complexity index is 742. The van der Waals surface area contributed by atoms with E-state index >= 15 is 0 Å². The fourth-order valence-electron chi connectivity index (χ4n) is 1.98. The van der Waals surface area contributed by atoms with E-state index in [9.17, 15) is 14.4 Å². The van der Waals surface area contributed by atoms with Crippen molar-refractivity contribution in [3.8, 4) is 0 Å². The van der Waals surface area contributed by atoms with Gasteiger partial charge in [0, 0.05) is 34.1 Å². The summed E-state index contributed by atoms with van der Waals surface area (Å²) in [7, 11) is 0. The van der Waals surface area contributed by atoms with E-state index in [0.29, 0.717) is 16.8 Å². The maximum atomic E-state index is 12.0. The molecule has 23 heavy (non-hydrogen) atoms. The lowest BCUT2D eigenvalue weighted by Crippen LogP contribution is -2.15. The summed E-state index contributed by atoms with van der Waals surface area (Å²) >= 11 is 3.30. The SMILES string of the molecule is NC(=O)c1cccc(NC(=O)CCC(=O)c2ccc(Br)cc2)c1. The Hall–Kier alpha value is -2.47. The standard InChI is InChI=1S/C17H15BrN2O3/c18-13-6-4-11(5-7-13)15(21)8-9-16(22)20-14-3-1-2-12(10-14)17(19)23/h1-7,10H,8-9H2,(H2,19,23)(H,20,22). The van der Waals surface area contributed by atoms with Gasteiger partial charge in [-0.05, 0) is 30.3 Å². The fraction of sp³-hybridized carbons (Fsp3) is 0.118. The molecule has 0 atom stereocenters. The quantitative estimate of drug-likeness (QED) is 0.761. The third-order valence-corrected chi connectivity index (χ3v) is 3.70. The lowest BCUT2D eigenvalue weighted by Gasteiger charge is -2.06. The van der Waals surface area contributed by atoms with Gasteiger partial charge in [-0.3, -0.25) is 14.4 Å². The van der Waals surface area contributed by atoms with E-state index in [1.54, 1.807) is 42.5 Å². The van der Waals surface area contributed by atoms with Crippen molar-refractivity contribution in [3.05, 3.63) is 64.1 Å². The van der Waals surface area contributed by atoms with Gasteiger partial charge in [0.25, 0.3) is 0 Å². The van der Waals surface area contributed by atoms with Crippen LogP contribution in [0.25, 0.3) is 0 Å². The molecular weight excluding hydrogens is 360 g/mol. The largest absolute Gasteiger partial charge is 0.366 e. The molecule has 0 unspecified atom stereocenters. The summed E-state index contributed by atoms with van der Waals surface area (Å²) in [6.07, 6.45) is 0.179. The molecule has 0 aromatic heterocycles. The molecule has 0 aliphatic carbocycles. The van der Waals surface area contributed by atoms with Gasteiger partial charge < -0.3 is 11.1 Å². The van der Waals surface area contributed by atoms with Crippen molar-refractivity contribution in [1.82, 2.24) is 0 Å². The number of halogens is 1. The second-order valence-electron chi connectivity index (χ2n) is 4.92. The van der Waals surface area contributed by atoms with Crippen LogP contribution < -0.4 is 11.1 Å². The number of hydrogen-bond acceptors (Lipinski definition) is 3. The predicted molar refractivity (Wildman–Crippen MR) is 91.3 cm³/mol. The number of ketones is 1. The third kappa shape index (κ3) is 5.03. The van der Waals surface area contributed by atoms with Crippen molar-refractivity contribution in [2.24, 2.45) is 5.73 Å². The van der Waals surface area contributed by atoms with E-state index in [-0.39, 0.29) is 24.5 Å². The highest BCUT2D eigenvalue weighted by Crippen LogP contribution is 2.14. The number of nitrogens with two attached hydrogens (primary N) is 1. The van der Waals surface area contributed by atoms with Crippen molar-refractivity contribution < 1.29 is 14.4 Å². The molecule has 0 aliphatic heterocycles. The summed E-state index contributed by atoms with van der Waals surface area (Å²) in [6, 6.07) is 13.3. The first-order chi connectivity index (χ1) is 11.0. The number of primary amides is 1. The maximum absolute atomic E-state index is 12.0. The molecule has 0 bridgehead atoms. The highest BCUT2D eigenvalue weighted by atomic mass is 79.9. The predicted octanol–water partition coefficient (Wildman–Crippen LogP) is 3.15. The normalized spacial score (nSPS) is 10.1. The van der Waals surface area contributed by atoms with E-state index in [1.165, 1.54) is 6.07 Å². The lowest BCUT2D eigenvalue weighted by atomic mass is 10.1. The first-order valence-corrected chi connectivity index (χ1v) is 7.73. The highest BCUT2D eigenvalue weighted by molar-refractivity contribution is 9.10. The van der Waals surface area contributed by atoms with E-state index in [1.807, 2.05) is 0 Å². The van der Waals surface area contributed by atoms with Gasteiger partial charge in [-0.2, -0.15) is 0 Å². The maximum Gasteiger partial charge on any atom is 0.248 e. The van der Waals surface area contributed by atoms with E-state index in [4.69, 9.17) is 5.73 Å². The van der Waals surface area contributed by atoms with Crippen LogP contribution in [0.2, 0.25) is 0 Å². The van der Waals surface area contributed by atoms with E-state index in [0.717, 1.165) is 4.47 Å². The zero-order chi connectivity index (χ0) is 16.8. The minimum absolute atomic E-state index is 0.0652. The number of nitrogens with one attached hydrogen (secondary N) is 1. The molecule has 5 nitrogen and oxygen atoms in total. The topological polar surface area (TPSA) is 89.3 Å². The van der Waals surface area contributed by atoms with Gasteiger partial charge in [0.15, 0.2) is 5.78 Å². The van der Waals surface area contributed by atoms with Crippen LogP contribution >= 0.6 is 15.9 Å². The average molecular weight is 375 g/mol. The van der Waals surface area contributed by atoms with Crippen molar-refractivity contribution in [1.29, 1.82) is 0 Å². The van der Waals surface area contributed by atoms with Crippen LogP contribution in [0, 0.1) is 0 Å². The molecule has 6 heteroatoms. The number of amides is 2. The summed E-state index contributed by atoms with van der Waals surface area (Å²) in [5, 5.41) is 2.65. The van der Waals surface area contributed by atoms with E-state index < -0.39 is 5.91 Å². The highest BCUT2D eigenvalue weighted by Gasteiger charge is 2.10. The molecule has 118 valence electrons. The molecular formula is C17H15BrN2O3. The van der Waals surface area contributed by atoms with Gasteiger partial charge in [0.1, 0.15) is 0 Å². The van der Waals surface area contributed by atoms with Gasteiger partial charge in [-0.25, -0.2) is 0 Å². The number of hydrogen-bond donors (Lipinski definition) is 2. The zero-order valence-electron chi connectivity index (χ0n) is 12.2. The summed E-state index contributed by atoms with van der Waals surface area (Å²) in [4.78, 5) is 35.0. The Labute approximate surface area is 142 Å². The third-order valence-electron chi connectivity index (χ3n) is 3.18. The van der Waals surface area contributed by atoms with Crippen LogP contribution in [0.3, 0.4) is 0 Å². The number of carbonyl (C=O) groups excluding carboxylic acids is 3. The Morgan fingerprint density at radius 1 is 0.957 bits per heavy atom. The lowest BCUT2D eigenvalue weighted by molar-refractivity contribution is -0.116. The summed E-state index contributed by atoms with van der Waals surface area (Å²) in [6.45, 7) is 0. The fourth-order valence-corrected chi connectivity index (χ4v) is 2.25. The van der Waals surface area contributed by atoms with E-state index in [2.05, 4.69) is 21.2 Å². The first-order valence-electron chi connectivity index (χ1n) is 6.94. The number of benzene rings is 2. The van der Waals surface area contributed by atoms with Crippen LogP contribution in [-0.2, 0) is 4.79 Å². The second kappa shape index (κ2) is 7.69. The van der Waals surface area contributed by atoms with Crippen molar-refractivity contribution >= 4 is 39.2 Å². The number of rotatable bonds is 6. The summed E-state index contributed by atoms with van der Waals surface area (Å²) in [5.74, 6) is -0.956. The Kier molecular flexibility index (Phi) is 5.65. The Morgan fingerprint density at radius 2 is 1.65 bits per heavy atom. The molecule has 2 aromatic carbocycles. The van der Waals surface area contributed by atoms with Crippen molar-refractivity contribution in [2.75, 3.05) is 5.32 Å². The van der Waals surface area contributed by atoms with Gasteiger partial charge in [0.2, 0.25) is 11.8 Å². The van der Waals surface area contributed by atoms with Gasteiger partial charge >= 0.3 is 0 Å². The van der Waals surface area contributed by atoms with Crippen molar-refractivity contribution in [3.63, 3.8) is 0 Å². The van der Waals surface area contributed by atoms with Gasteiger partial charge in [-0.1, -0.05) is 34.1 Å². The zero-order valence-corrected chi connectivity index (χ0v) is 13.8. The number of Topliss-reactive ketones (excluding diaryl/α,β-unsaturated/α-hetero) is 1. The number of anilines is 1. The number of carbonyl (C=O) groups is 3. The molecule has 2 aromatic rings. The smallest absolute Gasteiger partial charge is 0.248 e. The van der Waals surface area contributed by atoms with Gasteiger partial charge in [-0.15, -0.1) is 0 Å². The molecule has 0 saturated carbocycles. The van der Waals surface area contributed by atoms with Crippen molar-refractivity contribution in [2.45, 2.75) is 12.8 Å². The molecule has 0 radical (unpaired) electrons. The van der Waals surface area contributed by atoms with Crippen LogP contribution in [0.5, 0.6) is 0 Å². The Balaban J connectivity index is 1.90. The first kappa shape index (κ1) is 16.9.